The third kappa shape index (κ3) is 7.46. The van der Waals surface area contributed by atoms with Crippen LogP contribution in [0.25, 0.3) is 0 Å². The molecule has 2 aromatic rings. The molecule has 0 amide bonds. The molecule has 1 aliphatic rings. The number of aliphatic hydroxyl groups is 1. The van der Waals surface area contributed by atoms with Crippen molar-refractivity contribution >= 4 is 0 Å². The maximum atomic E-state index is 10.3. The van der Waals surface area contributed by atoms with E-state index in [9.17, 15) is 5.11 Å². The highest BCUT2D eigenvalue weighted by Crippen LogP contribution is 2.22. The molecule has 0 bridgehead atoms. The zero-order valence-corrected chi connectivity index (χ0v) is 19.9. The van der Waals surface area contributed by atoms with Gasteiger partial charge in [0.15, 0.2) is 0 Å². The zero-order valence-electron chi connectivity index (χ0n) is 19.9. The Morgan fingerprint density at radius 2 is 1.81 bits per heavy atom. The van der Waals surface area contributed by atoms with Crippen LogP contribution in [0.5, 0.6) is 0 Å². The average Bonchev–Trinajstić information content (AvgIpc) is 3.18. The van der Waals surface area contributed by atoms with Gasteiger partial charge in [-0.2, -0.15) is 0 Å². The summed E-state index contributed by atoms with van der Waals surface area (Å²) in [7, 11) is 0. The maximum Gasteiger partial charge on any atom is 0.0664 e. The van der Waals surface area contributed by atoms with Crippen LogP contribution >= 0.6 is 0 Å². The molecule has 0 aliphatic carbocycles. The van der Waals surface area contributed by atoms with E-state index < -0.39 is 0 Å². The Morgan fingerprint density at radius 1 is 1.10 bits per heavy atom. The summed E-state index contributed by atoms with van der Waals surface area (Å²) in [5.74, 6) is 0. The first-order chi connectivity index (χ1) is 14.8. The lowest BCUT2D eigenvalue weighted by molar-refractivity contribution is 0.0288. The number of ether oxygens (including phenoxy) is 1. The van der Waals surface area contributed by atoms with Crippen molar-refractivity contribution in [1.29, 1.82) is 0 Å². The molecule has 1 saturated heterocycles. The maximum absolute atomic E-state index is 10.3. The molecule has 0 saturated carbocycles. The summed E-state index contributed by atoms with van der Waals surface area (Å²) < 4.78 is 7.81. The Labute approximate surface area is 188 Å². The average molecular weight is 428 g/mol. The Hall–Kier alpha value is -1.66. The van der Waals surface area contributed by atoms with Gasteiger partial charge in [-0.15, -0.1) is 0 Å². The highest BCUT2D eigenvalue weighted by molar-refractivity contribution is 5.28. The smallest absolute Gasteiger partial charge is 0.0664 e. The Kier molecular flexibility index (Phi) is 8.73. The van der Waals surface area contributed by atoms with Crippen molar-refractivity contribution in [1.82, 2.24) is 14.4 Å². The fourth-order valence-corrected chi connectivity index (χ4v) is 4.05. The van der Waals surface area contributed by atoms with E-state index in [1.165, 1.54) is 16.8 Å². The van der Waals surface area contributed by atoms with E-state index in [-0.39, 0.29) is 11.5 Å². The topological polar surface area (TPSA) is 40.9 Å². The van der Waals surface area contributed by atoms with Crippen LogP contribution in [0.4, 0.5) is 0 Å². The molecule has 1 aliphatic heterocycles. The van der Waals surface area contributed by atoms with Gasteiger partial charge in [-0.05, 0) is 35.1 Å². The van der Waals surface area contributed by atoms with Gasteiger partial charge < -0.3 is 14.4 Å². The van der Waals surface area contributed by atoms with Crippen LogP contribution in [0.15, 0.2) is 42.6 Å². The van der Waals surface area contributed by atoms with Crippen LogP contribution < -0.4 is 0 Å². The molecule has 1 aromatic carbocycles. The van der Waals surface area contributed by atoms with Gasteiger partial charge >= 0.3 is 0 Å². The van der Waals surface area contributed by atoms with Crippen molar-refractivity contribution in [2.75, 3.05) is 45.9 Å². The fourth-order valence-electron chi connectivity index (χ4n) is 4.05. The molecule has 31 heavy (non-hydrogen) atoms. The van der Waals surface area contributed by atoms with Crippen LogP contribution in [0, 0.1) is 0 Å². The molecule has 1 fully saturated rings. The quantitative estimate of drug-likeness (QED) is 0.627. The van der Waals surface area contributed by atoms with E-state index in [1.807, 2.05) is 0 Å². The first-order valence-corrected chi connectivity index (χ1v) is 11.8. The summed E-state index contributed by atoms with van der Waals surface area (Å²) in [5, 5.41) is 10.3. The van der Waals surface area contributed by atoms with Gasteiger partial charge in [-0.1, -0.05) is 52.0 Å². The van der Waals surface area contributed by atoms with Gasteiger partial charge in [-0.3, -0.25) is 9.80 Å². The highest BCUT2D eigenvalue weighted by atomic mass is 16.5. The van der Waals surface area contributed by atoms with Crippen LogP contribution in [-0.4, -0.2) is 71.5 Å². The molecule has 0 unspecified atom stereocenters. The lowest BCUT2D eigenvalue weighted by Crippen LogP contribution is -2.43. The normalized spacial score (nSPS) is 16.7. The minimum Gasteiger partial charge on any atom is -0.392 e. The molecule has 1 aromatic heterocycles. The highest BCUT2D eigenvalue weighted by Gasteiger charge is 2.17. The third-order valence-electron chi connectivity index (χ3n) is 6.26. The predicted molar refractivity (Wildman–Crippen MR) is 128 cm³/mol. The monoisotopic (exact) mass is 427 g/mol. The van der Waals surface area contributed by atoms with Gasteiger partial charge in [0, 0.05) is 57.7 Å². The summed E-state index contributed by atoms with van der Waals surface area (Å²) in [5.41, 5.74) is 4.16. The minimum atomic E-state index is -0.280. The Bertz CT molecular complexity index is 773. The lowest BCUT2D eigenvalue weighted by atomic mass is 9.87. The van der Waals surface area contributed by atoms with E-state index in [1.54, 1.807) is 0 Å². The molecule has 172 valence electrons. The van der Waals surface area contributed by atoms with Gasteiger partial charge in [0.05, 0.1) is 19.3 Å². The van der Waals surface area contributed by atoms with Crippen molar-refractivity contribution in [2.45, 2.75) is 58.7 Å². The first kappa shape index (κ1) is 24.0. The van der Waals surface area contributed by atoms with Crippen molar-refractivity contribution in [2.24, 2.45) is 0 Å². The number of hydrogen-bond donors (Lipinski definition) is 1. The predicted octanol–water partition coefficient (Wildman–Crippen LogP) is 3.74. The molecule has 1 N–H and O–H groups in total. The summed E-state index contributed by atoms with van der Waals surface area (Å²) in [6.07, 6.45) is 2.68. The van der Waals surface area contributed by atoms with Crippen molar-refractivity contribution < 1.29 is 9.84 Å². The molecular weight excluding hydrogens is 386 g/mol. The molecule has 5 heteroatoms. The van der Waals surface area contributed by atoms with Crippen LogP contribution in [0.2, 0.25) is 0 Å². The van der Waals surface area contributed by atoms with Gasteiger partial charge in [0.2, 0.25) is 0 Å². The number of morpholine rings is 1. The number of nitrogens with zero attached hydrogens (tertiary/aromatic N) is 3. The number of aliphatic hydroxyl groups excluding tert-OH is 1. The van der Waals surface area contributed by atoms with E-state index in [0.29, 0.717) is 6.54 Å². The van der Waals surface area contributed by atoms with E-state index in [4.69, 9.17) is 4.74 Å². The molecule has 3 rings (SSSR count). The molecule has 5 nitrogen and oxygen atoms in total. The van der Waals surface area contributed by atoms with Crippen molar-refractivity contribution in [3.8, 4) is 0 Å². The zero-order chi connectivity index (χ0) is 22.3. The Morgan fingerprint density at radius 3 is 2.45 bits per heavy atom. The standard InChI is InChI=1S/C26H41N3O2/c1-5-25(30)21-28(14-13-27-15-17-31-18-16-27)20-24-7-6-12-29(24)19-22-8-10-23(11-9-22)26(2,3)4/h6-12,25,30H,5,13-21H2,1-4H3/t25-/m0/s1. The van der Waals surface area contributed by atoms with Crippen LogP contribution in [-0.2, 0) is 23.2 Å². The van der Waals surface area contributed by atoms with Crippen LogP contribution in [0.3, 0.4) is 0 Å². The largest absolute Gasteiger partial charge is 0.392 e. The summed E-state index contributed by atoms with van der Waals surface area (Å²) in [6, 6.07) is 13.4. The number of hydrogen-bond acceptors (Lipinski definition) is 4. The lowest BCUT2D eigenvalue weighted by Gasteiger charge is -2.31. The second kappa shape index (κ2) is 11.3. The van der Waals surface area contributed by atoms with Gasteiger partial charge in [-0.25, -0.2) is 0 Å². The second-order valence-electron chi connectivity index (χ2n) is 9.83. The molecule has 0 radical (unpaired) electrons. The SMILES string of the molecule is CC[C@H](O)CN(CCN1CCOCC1)Cc1cccn1Cc1ccc(C(C)(C)C)cc1. The summed E-state index contributed by atoms with van der Waals surface area (Å²) in [4.78, 5) is 4.86. The minimum absolute atomic E-state index is 0.179. The molecule has 2 heterocycles. The van der Waals surface area contributed by atoms with Crippen molar-refractivity contribution in [3.63, 3.8) is 0 Å². The summed E-state index contributed by atoms with van der Waals surface area (Å²) in [6.45, 7) is 16.9. The number of rotatable bonds is 10. The molecule has 0 spiro atoms. The molecule has 1 atom stereocenters. The second-order valence-corrected chi connectivity index (χ2v) is 9.83. The molecular formula is C26H41N3O2. The summed E-state index contributed by atoms with van der Waals surface area (Å²) >= 11 is 0. The van der Waals surface area contributed by atoms with E-state index in [2.05, 4.69) is 84.7 Å². The third-order valence-corrected chi connectivity index (χ3v) is 6.26. The number of benzene rings is 1. The van der Waals surface area contributed by atoms with Crippen molar-refractivity contribution in [3.05, 3.63) is 59.4 Å². The fraction of sp³-hybridized carbons (Fsp3) is 0.615. The van der Waals surface area contributed by atoms with Crippen LogP contribution in [0.1, 0.15) is 50.9 Å². The van der Waals surface area contributed by atoms with Gasteiger partial charge in [0.1, 0.15) is 0 Å². The number of aromatic nitrogens is 1. The van der Waals surface area contributed by atoms with E-state index in [0.717, 1.165) is 58.9 Å². The van der Waals surface area contributed by atoms with E-state index >= 15 is 0 Å². The Balaban J connectivity index is 1.64. The van der Waals surface area contributed by atoms with Gasteiger partial charge in [0.25, 0.3) is 0 Å². The first-order valence-electron chi connectivity index (χ1n) is 11.8.